The minimum Gasteiger partial charge on any atom is -0.371 e. The summed E-state index contributed by atoms with van der Waals surface area (Å²) in [6.45, 7) is 2.15. The van der Waals surface area contributed by atoms with Crippen molar-refractivity contribution in [1.29, 1.82) is 5.26 Å². The quantitative estimate of drug-likeness (QED) is 0.494. The third-order valence-corrected chi connectivity index (χ3v) is 5.10. The molecule has 1 atom stereocenters. The van der Waals surface area contributed by atoms with E-state index in [-0.39, 0.29) is 6.04 Å². The summed E-state index contributed by atoms with van der Waals surface area (Å²) >= 11 is 0. The number of benzene rings is 3. The van der Waals surface area contributed by atoms with Gasteiger partial charge in [0.1, 0.15) is 6.04 Å². The highest BCUT2D eigenvalue weighted by molar-refractivity contribution is 5.55. The van der Waals surface area contributed by atoms with Crippen molar-refractivity contribution in [3.63, 3.8) is 0 Å². The van der Waals surface area contributed by atoms with Crippen LogP contribution in [0.15, 0.2) is 78.9 Å². The van der Waals surface area contributed by atoms with Gasteiger partial charge in [-0.3, -0.25) is 4.68 Å². The van der Waals surface area contributed by atoms with Gasteiger partial charge in [0, 0.05) is 18.3 Å². The number of hydrogen-bond donors (Lipinski definition) is 1. The highest BCUT2D eigenvalue weighted by Crippen LogP contribution is 2.28. The molecule has 0 amide bonds. The van der Waals surface area contributed by atoms with Gasteiger partial charge in [-0.05, 0) is 41.8 Å². The lowest BCUT2D eigenvalue weighted by molar-refractivity contribution is 0.678. The van der Waals surface area contributed by atoms with Crippen LogP contribution in [0.25, 0.3) is 11.4 Å². The van der Waals surface area contributed by atoms with Gasteiger partial charge in [0.25, 0.3) is 0 Å². The van der Waals surface area contributed by atoms with Crippen LogP contribution in [0.3, 0.4) is 0 Å². The van der Waals surface area contributed by atoms with E-state index >= 15 is 0 Å². The number of aromatic nitrogens is 3. The first-order valence-electron chi connectivity index (χ1n) is 10.00. The molecule has 4 aromatic rings. The second kappa shape index (κ2) is 8.62. The van der Waals surface area contributed by atoms with E-state index in [0.717, 1.165) is 29.1 Å². The van der Waals surface area contributed by atoms with Gasteiger partial charge in [-0.25, -0.2) is 4.98 Å². The zero-order chi connectivity index (χ0) is 20.9. The van der Waals surface area contributed by atoms with Gasteiger partial charge in [-0.15, -0.1) is 0 Å². The van der Waals surface area contributed by atoms with E-state index in [4.69, 9.17) is 10.2 Å². The number of nitrogens with zero attached hydrogens (tertiary/aromatic N) is 4. The molecular formula is C25H23N5. The van der Waals surface area contributed by atoms with Crippen molar-refractivity contribution >= 4 is 5.69 Å². The van der Waals surface area contributed by atoms with Gasteiger partial charge in [-0.1, -0.05) is 61.5 Å². The van der Waals surface area contributed by atoms with Crippen LogP contribution in [0.5, 0.6) is 0 Å². The van der Waals surface area contributed by atoms with Crippen LogP contribution < -0.4 is 5.32 Å². The largest absolute Gasteiger partial charge is 0.371 e. The molecule has 1 N–H and O–H groups in total. The monoisotopic (exact) mass is 393 g/mol. The molecule has 0 saturated heterocycles. The summed E-state index contributed by atoms with van der Waals surface area (Å²) in [6.07, 6.45) is 0.964. The van der Waals surface area contributed by atoms with Crippen molar-refractivity contribution in [2.24, 2.45) is 7.05 Å². The number of anilines is 1. The van der Waals surface area contributed by atoms with Gasteiger partial charge in [0.05, 0.1) is 11.6 Å². The summed E-state index contributed by atoms with van der Waals surface area (Å²) in [6, 6.07) is 28.0. The van der Waals surface area contributed by atoms with Crippen molar-refractivity contribution in [3.8, 4) is 17.5 Å². The van der Waals surface area contributed by atoms with E-state index in [2.05, 4.69) is 47.7 Å². The summed E-state index contributed by atoms with van der Waals surface area (Å²) in [4.78, 5) is 4.88. The highest BCUT2D eigenvalue weighted by Gasteiger charge is 2.22. The Balaban J connectivity index is 1.76. The summed E-state index contributed by atoms with van der Waals surface area (Å²) in [5.74, 6) is 1.53. The van der Waals surface area contributed by atoms with Gasteiger partial charge in [0.15, 0.2) is 11.6 Å². The van der Waals surface area contributed by atoms with Crippen LogP contribution in [-0.2, 0) is 13.5 Å². The van der Waals surface area contributed by atoms with Crippen LogP contribution in [0.4, 0.5) is 5.69 Å². The Hall–Kier alpha value is -3.91. The second-order valence-corrected chi connectivity index (χ2v) is 7.15. The molecule has 1 aromatic heterocycles. The van der Waals surface area contributed by atoms with E-state index in [1.807, 2.05) is 66.3 Å². The van der Waals surface area contributed by atoms with Crippen LogP contribution in [0.2, 0.25) is 0 Å². The first kappa shape index (κ1) is 19.4. The molecule has 3 aromatic carbocycles. The SMILES string of the molecule is CCc1cccc(C(Nc2ccc(C#N)cc2)c2nc(-c3ccccc3)nn2C)c1. The number of hydrogen-bond acceptors (Lipinski definition) is 4. The lowest BCUT2D eigenvalue weighted by Gasteiger charge is -2.20. The van der Waals surface area contributed by atoms with E-state index in [1.54, 1.807) is 0 Å². The molecule has 0 aliphatic rings. The van der Waals surface area contributed by atoms with Crippen molar-refractivity contribution in [1.82, 2.24) is 14.8 Å². The number of nitrogens with one attached hydrogen (secondary N) is 1. The minimum atomic E-state index is -0.181. The third kappa shape index (κ3) is 4.08. The fourth-order valence-electron chi connectivity index (χ4n) is 3.45. The van der Waals surface area contributed by atoms with Crippen molar-refractivity contribution in [2.45, 2.75) is 19.4 Å². The summed E-state index contributed by atoms with van der Waals surface area (Å²) in [7, 11) is 1.92. The average molecular weight is 393 g/mol. The molecule has 0 saturated carbocycles. The van der Waals surface area contributed by atoms with Crippen molar-refractivity contribution in [3.05, 3.63) is 101 Å². The molecule has 0 radical (unpaired) electrons. The first-order chi connectivity index (χ1) is 14.7. The molecule has 148 valence electrons. The van der Waals surface area contributed by atoms with E-state index < -0.39 is 0 Å². The molecule has 5 heteroatoms. The lowest BCUT2D eigenvalue weighted by Crippen LogP contribution is -2.17. The molecule has 0 bridgehead atoms. The maximum absolute atomic E-state index is 9.08. The normalized spacial score (nSPS) is 11.6. The zero-order valence-electron chi connectivity index (χ0n) is 17.1. The zero-order valence-corrected chi connectivity index (χ0v) is 17.1. The molecule has 1 heterocycles. The molecule has 5 nitrogen and oxygen atoms in total. The van der Waals surface area contributed by atoms with Crippen LogP contribution >= 0.6 is 0 Å². The molecule has 4 rings (SSSR count). The number of rotatable bonds is 6. The number of aryl methyl sites for hydroxylation is 2. The van der Waals surface area contributed by atoms with Crippen molar-refractivity contribution < 1.29 is 0 Å². The van der Waals surface area contributed by atoms with Crippen LogP contribution in [0, 0.1) is 11.3 Å². The molecule has 30 heavy (non-hydrogen) atoms. The Labute approximate surface area is 176 Å². The van der Waals surface area contributed by atoms with E-state index in [9.17, 15) is 0 Å². The van der Waals surface area contributed by atoms with Gasteiger partial charge in [-0.2, -0.15) is 10.4 Å². The Bertz CT molecular complexity index is 1170. The topological polar surface area (TPSA) is 66.5 Å². The molecule has 0 fully saturated rings. The van der Waals surface area contributed by atoms with Gasteiger partial charge in [0.2, 0.25) is 0 Å². The van der Waals surface area contributed by atoms with Crippen molar-refractivity contribution in [2.75, 3.05) is 5.32 Å². The lowest BCUT2D eigenvalue weighted by atomic mass is 10.0. The third-order valence-electron chi connectivity index (χ3n) is 5.10. The Morgan fingerprint density at radius 2 is 1.77 bits per heavy atom. The summed E-state index contributed by atoms with van der Waals surface area (Å²) in [5, 5.41) is 17.3. The van der Waals surface area contributed by atoms with E-state index in [0.29, 0.717) is 11.4 Å². The summed E-state index contributed by atoms with van der Waals surface area (Å²) < 4.78 is 1.84. The molecule has 0 aliphatic heterocycles. The minimum absolute atomic E-state index is 0.181. The van der Waals surface area contributed by atoms with Crippen LogP contribution in [0.1, 0.15) is 35.5 Å². The average Bonchev–Trinajstić information content (AvgIpc) is 3.19. The maximum atomic E-state index is 9.08. The molecule has 0 spiro atoms. The fourth-order valence-corrected chi connectivity index (χ4v) is 3.45. The van der Waals surface area contributed by atoms with Gasteiger partial charge >= 0.3 is 0 Å². The Morgan fingerprint density at radius 1 is 1.00 bits per heavy atom. The predicted molar refractivity (Wildman–Crippen MR) is 119 cm³/mol. The fraction of sp³-hybridized carbons (Fsp3) is 0.160. The van der Waals surface area contributed by atoms with Gasteiger partial charge < -0.3 is 5.32 Å². The first-order valence-corrected chi connectivity index (χ1v) is 10.00. The van der Waals surface area contributed by atoms with E-state index in [1.165, 1.54) is 5.56 Å². The maximum Gasteiger partial charge on any atom is 0.181 e. The predicted octanol–water partition coefficient (Wildman–Crippen LogP) is 5.12. The molecule has 0 aliphatic carbocycles. The Kier molecular flexibility index (Phi) is 5.58. The van der Waals surface area contributed by atoms with Crippen LogP contribution in [-0.4, -0.2) is 14.8 Å². The smallest absolute Gasteiger partial charge is 0.181 e. The summed E-state index contributed by atoms with van der Waals surface area (Å²) in [5.41, 5.74) is 4.93. The second-order valence-electron chi connectivity index (χ2n) is 7.15. The highest BCUT2D eigenvalue weighted by atomic mass is 15.3. The standard InChI is InChI=1S/C25H23N5/c1-3-18-8-7-11-21(16-18)23(27-22-14-12-19(17-26)13-15-22)25-28-24(29-30(25)2)20-9-5-4-6-10-20/h4-16,23,27H,3H2,1-2H3. The Morgan fingerprint density at radius 3 is 2.47 bits per heavy atom. The number of nitriles is 1. The molecular weight excluding hydrogens is 370 g/mol. The molecule has 1 unspecified atom stereocenters.